The van der Waals surface area contributed by atoms with Crippen LogP contribution in [0.2, 0.25) is 0 Å². The van der Waals surface area contributed by atoms with E-state index in [-0.39, 0.29) is 12.0 Å². The summed E-state index contributed by atoms with van der Waals surface area (Å²) >= 11 is 0. The highest BCUT2D eigenvalue weighted by molar-refractivity contribution is 5.70. The molecular formula is C11H21NO3. The van der Waals surface area contributed by atoms with Gasteiger partial charge < -0.3 is 14.8 Å². The topological polar surface area (TPSA) is 47.6 Å². The molecule has 88 valence electrons. The zero-order chi connectivity index (χ0) is 11.3. The Morgan fingerprint density at radius 1 is 1.53 bits per heavy atom. The Morgan fingerprint density at radius 3 is 2.73 bits per heavy atom. The van der Waals surface area contributed by atoms with E-state index in [2.05, 4.69) is 5.32 Å². The van der Waals surface area contributed by atoms with Crippen LogP contribution in [0.3, 0.4) is 0 Å². The van der Waals surface area contributed by atoms with Crippen molar-refractivity contribution in [1.82, 2.24) is 5.32 Å². The Labute approximate surface area is 91.3 Å². The van der Waals surface area contributed by atoms with Crippen molar-refractivity contribution in [3.8, 4) is 0 Å². The van der Waals surface area contributed by atoms with E-state index in [9.17, 15) is 4.79 Å². The first kappa shape index (κ1) is 12.5. The predicted octanol–water partition coefficient (Wildman–Crippen LogP) is 1.10. The Morgan fingerprint density at radius 2 is 2.20 bits per heavy atom. The smallest absolute Gasteiger partial charge is 0.307 e. The molecule has 0 amide bonds. The molecule has 1 saturated carbocycles. The molecule has 0 aromatic heterocycles. The van der Waals surface area contributed by atoms with Crippen LogP contribution in [0.15, 0.2) is 0 Å². The molecule has 1 fully saturated rings. The summed E-state index contributed by atoms with van der Waals surface area (Å²) in [7, 11) is 1.74. The largest absolute Gasteiger partial charge is 0.466 e. The van der Waals surface area contributed by atoms with Gasteiger partial charge in [0.25, 0.3) is 0 Å². The number of hydrogen-bond acceptors (Lipinski definition) is 4. The minimum absolute atomic E-state index is 0.125. The fraction of sp³-hybridized carbons (Fsp3) is 0.909. The number of ether oxygens (including phenoxy) is 2. The van der Waals surface area contributed by atoms with Gasteiger partial charge in [-0.1, -0.05) is 0 Å². The summed E-state index contributed by atoms with van der Waals surface area (Å²) < 4.78 is 10.1. The molecule has 1 atom stereocenters. The van der Waals surface area contributed by atoms with Crippen molar-refractivity contribution in [3.63, 3.8) is 0 Å². The number of carbonyl (C=O) groups is 1. The van der Waals surface area contributed by atoms with Gasteiger partial charge in [0.2, 0.25) is 0 Å². The van der Waals surface area contributed by atoms with Crippen molar-refractivity contribution in [1.29, 1.82) is 0 Å². The second-order valence-corrected chi connectivity index (χ2v) is 4.10. The maximum Gasteiger partial charge on any atom is 0.307 e. The van der Waals surface area contributed by atoms with Gasteiger partial charge in [-0.2, -0.15) is 0 Å². The van der Waals surface area contributed by atoms with Crippen molar-refractivity contribution in [3.05, 3.63) is 0 Å². The summed E-state index contributed by atoms with van der Waals surface area (Å²) in [5, 5.41) is 3.39. The van der Waals surface area contributed by atoms with E-state index >= 15 is 0 Å². The monoisotopic (exact) mass is 215 g/mol. The van der Waals surface area contributed by atoms with Crippen molar-refractivity contribution >= 4 is 5.97 Å². The van der Waals surface area contributed by atoms with Crippen LogP contribution >= 0.6 is 0 Å². The number of hydrogen-bond donors (Lipinski definition) is 1. The maximum atomic E-state index is 11.2. The molecule has 1 aliphatic rings. The van der Waals surface area contributed by atoms with E-state index in [1.165, 1.54) is 0 Å². The van der Waals surface area contributed by atoms with Crippen molar-refractivity contribution in [2.45, 2.75) is 51.3 Å². The first-order valence-electron chi connectivity index (χ1n) is 5.60. The van der Waals surface area contributed by atoms with Crippen LogP contribution in [0, 0.1) is 0 Å². The molecular weight excluding hydrogens is 194 g/mol. The van der Waals surface area contributed by atoms with Gasteiger partial charge in [0, 0.05) is 19.2 Å². The fourth-order valence-corrected chi connectivity index (χ4v) is 1.83. The van der Waals surface area contributed by atoms with E-state index in [0.717, 1.165) is 12.8 Å². The molecule has 0 aromatic rings. The third-order valence-corrected chi connectivity index (χ3v) is 2.73. The third-order valence-electron chi connectivity index (χ3n) is 2.73. The van der Waals surface area contributed by atoms with Crippen LogP contribution in [-0.4, -0.2) is 37.9 Å². The quantitative estimate of drug-likeness (QED) is 0.674. The molecule has 0 bridgehead atoms. The van der Waals surface area contributed by atoms with Gasteiger partial charge in [-0.15, -0.1) is 0 Å². The zero-order valence-corrected chi connectivity index (χ0v) is 9.79. The SMILES string of the molecule is CCOC(=O)CC(C)NC1CC(OC)C1. The minimum atomic E-state index is -0.125. The third kappa shape index (κ3) is 4.18. The summed E-state index contributed by atoms with van der Waals surface area (Å²) in [4.78, 5) is 11.2. The lowest BCUT2D eigenvalue weighted by Crippen LogP contribution is -2.48. The Kier molecular flexibility index (Phi) is 5.05. The van der Waals surface area contributed by atoms with Crippen molar-refractivity contribution in [2.75, 3.05) is 13.7 Å². The van der Waals surface area contributed by atoms with E-state index < -0.39 is 0 Å². The van der Waals surface area contributed by atoms with Crippen LogP contribution in [0.5, 0.6) is 0 Å². The highest BCUT2D eigenvalue weighted by Crippen LogP contribution is 2.23. The number of esters is 1. The molecule has 1 N–H and O–H groups in total. The maximum absolute atomic E-state index is 11.2. The second-order valence-electron chi connectivity index (χ2n) is 4.10. The van der Waals surface area contributed by atoms with Crippen LogP contribution in [0.1, 0.15) is 33.1 Å². The molecule has 15 heavy (non-hydrogen) atoms. The number of rotatable bonds is 6. The lowest BCUT2D eigenvalue weighted by molar-refractivity contribution is -0.143. The lowest BCUT2D eigenvalue weighted by Gasteiger charge is -2.36. The van der Waals surface area contributed by atoms with Gasteiger partial charge in [-0.3, -0.25) is 4.79 Å². The van der Waals surface area contributed by atoms with Crippen LogP contribution in [0.25, 0.3) is 0 Å². The van der Waals surface area contributed by atoms with Crippen molar-refractivity contribution < 1.29 is 14.3 Å². The van der Waals surface area contributed by atoms with Gasteiger partial charge in [0.05, 0.1) is 19.1 Å². The number of carbonyl (C=O) groups excluding carboxylic acids is 1. The molecule has 0 heterocycles. The van der Waals surface area contributed by atoms with Gasteiger partial charge >= 0.3 is 5.97 Å². The molecule has 0 spiro atoms. The zero-order valence-electron chi connectivity index (χ0n) is 9.79. The normalized spacial score (nSPS) is 26.9. The van der Waals surface area contributed by atoms with E-state index in [1.807, 2.05) is 13.8 Å². The Bertz CT molecular complexity index is 202. The summed E-state index contributed by atoms with van der Waals surface area (Å²) in [6.07, 6.45) is 2.94. The summed E-state index contributed by atoms with van der Waals surface area (Å²) in [5.41, 5.74) is 0. The van der Waals surface area contributed by atoms with E-state index in [4.69, 9.17) is 9.47 Å². The van der Waals surface area contributed by atoms with E-state index in [1.54, 1.807) is 7.11 Å². The highest BCUT2D eigenvalue weighted by Gasteiger charge is 2.29. The predicted molar refractivity (Wildman–Crippen MR) is 57.7 cm³/mol. The van der Waals surface area contributed by atoms with Crippen LogP contribution < -0.4 is 5.32 Å². The molecule has 0 aliphatic heterocycles. The van der Waals surface area contributed by atoms with E-state index in [0.29, 0.717) is 25.2 Å². The number of nitrogens with one attached hydrogen (secondary N) is 1. The average Bonchev–Trinajstić information content (AvgIpc) is 2.10. The standard InChI is InChI=1S/C11H21NO3/c1-4-15-11(13)5-8(2)12-9-6-10(7-9)14-3/h8-10,12H,4-7H2,1-3H3. The first-order valence-corrected chi connectivity index (χ1v) is 5.60. The lowest BCUT2D eigenvalue weighted by atomic mass is 9.88. The van der Waals surface area contributed by atoms with Crippen LogP contribution in [0.4, 0.5) is 0 Å². The molecule has 0 saturated heterocycles. The van der Waals surface area contributed by atoms with Crippen molar-refractivity contribution in [2.24, 2.45) is 0 Å². The molecule has 1 rings (SSSR count). The van der Waals surface area contributed by atoms with Crippen LogP contribution in [-0.2, 0) is 14.3 Å². The molecule has 1 unspecified atom stereocenters. The van der Waals surface area contributed by atoms with Gasteiger partial charge in [-0.05, 0) is 26.7 Å². The highest BCUT2D eigenvalue weighted by atomic mass is 16.5. The molecule has 4 heteroatoms. The van der Waals surface area contributed by atoms with Gasteiger partial charge in [-0.25, -0.2) is 0 Å². The summed E-state index contributed by atoms with van der Waals surface area (Å²) in [6.45, 7) is 4.29. The summed E-state index contributed by atoms with van der Waals surface area (Å²) in [5.74, 6) is -0.125. The molecule has 1 aliphatic carbocycles. The Hall–Kier alpha value is -0.610. The fourth-order valence-electron chi connectivity index (χ4n) is 1.83. The van der Waals surface area contributed by atoms with Gasteiger partial charge in [0.15, 0.2) is 0 Å². The number of methoxy groups -OCH3 is 1. The Balaban J connectivity index is 2.09. The second kappa shape index (κ2) is 6.08. The minimum Gasteiger partial charge on any atom is -0.466 e. The summed E-state index contributed by atoms with van der Waals surface area (Å²) in [6, 6.07) is 0.686. The average molecular weight is 215 g/mol. The molecule has 0 aromatic carbocycles. The molecule has 0 radical (unpaired) electrons. The first-order chi connectivity index (χ1) is 7.15. The van der Waals surface area contributed by atoms with Gasteiger partial charge in [0.1, 0.15) is 0 Å². The molecule has 4 nitrogen and oxygen atoms in total.